The van der Waals surface area contributed by atoms with Crippen molar-refractivity contribution in [2.45, 2.75) is 6.42 Å². The topological polar surface area (TPSA) is 45.3 Å². The van der Waals surface area contributed by atoms with Gasteiger partial charge in [-0.05, 0) is 12.1 Å². The maximum atomic E-state index is 11.7. The zero-order chi connectivity index (χ0) is 9.80. The molecule has 1 aliphatic heterocycles. The van der Waals surface area contributed by atoms with Gasteiger partial charge in [0, 0.05) is 25.0 Å². The molecule has 14 heavy (non-hydrogen) atoms. The molecule has 1 aromatic heterocycles. The molecule has 0 unspecified atom stereocenters. The lowest BCUT2D eigenvalue weighted by atomic mass is 10.2. The van der Waals surface area contributed by atoms with Gasteiger partial charge < -0.3 is 14.6 Å². The molecule has 76 valence electrons. The molecule has 0 bridgehead atoms. The Morgan fingerprint density at radius 3 is 2.93 bits per heavy atom. The van der Waals surface area contributed by atoms with E-state index in [1.807, 2.05) is 23.2 Å². The first-order valence-corrected chi connectivity index (χ1v) is 4.84. The summed E-state index contributed by atoms with van der Waals surface area (Å²) in [5.41, 5.74) is 0.974. The van der Waals surface area contributed by atoms with E-state index >= 15 is 0 Å². The molecule has 1 aliphatic rings. The minimum absolute atomic E-state index is 0.177. The lowest BCUT2D eigenvalue weighted by molar-refractivity contribution is -0.134. The van der Waals surface area contributed by atoms with Crippen molar-refractivity contribution in [2.24, 2.45) is 0 Å². The average Bonchev–Trinajstić information content (AvgIpc) is 2.72. The molecule has 1 N–H and O–H groups in total. The molecule has 1 aromatic rings. The highest BCUT2D eigenvalue weighted by atomic mass is 16.5. The van der Waals surface area contributed by atoms with E-state index in [-0.39, 0.29) is 5.91 Å². The van der Waals surface area contributed by atoms with Gasteiger partial charge >= 0.3 is 0 Å². The van der Waals surface area contributed by atoms with Crippen LogP contribution in [-0.2, 0) is 16.0 Å². The van der Waals surface area contributed by atoms with Gasteiger partial charge in [0.05, 0.1) is 19.6 Å². The quantitative estimate of drug-likeness (QED) is 0.741. The molecule has 0 atom stereocenters. The van der Waals surface area contributed by atoms with Crippen LogP contribution in [0, 0.1) is 0 Å². The van der Waals surface area contributed by atoms with E-state index in [0.717, 1.165) is 18.8 Å². The van der Waals surface area contributed by atoms with Crippen molar-refractivity contribution >= 4 is 5.91 Å². The second-order valence-corrected chi connectivity index (χ2v) is 3.37. The molecule has 0 radical (unpaired) electrons. The molecular formula is C10H14N2O2. The molecule has 1 fully saturated rings. The van der Waals surface area contributed by atoms with Crippen molar-refractivity contribution in [2.75, 3.05) is 26.3 Å². The van der Waals surface area contributed by atoms with E-state index in [4.69, 9.17) is 4.74 Å². The fourth-order valence-electron chi connectivity index (χ4n) is 1.56. The van der Waals surface area contributed by atoms with Crippen LogP contribution < -0.4 is 0 Å². The maximum absolute atomic E-state index is 11.7. The van der Waals surface area contributed by atoms with Crippen LogP contribution in [0.4, 0.5) is 0 Å². The number of rotatable bonds is 2. The lowest BCUT2D eigenvalue weighted by Crippen LogP contribution is -2.41. The van der Waals surface area contributed by atoms with Crippen LogP contribution in [-0.4, -0.2) is 42.1 Å². The number of aromatic nitrogens is 1. The number of carbonyl (C=O) groups excluding carboxylic acids is 1. The van der Waals surface area contributed by atoms with E-state index in [2.05, 4.69) is 4.98 Å². The van der Waals surface area contributed by atoms with E-state index in [0.29, 0.717) is 19.6 Å². The number of carbonyl (C=O) groups is 1. The SMILES string of the molecule is O=C(Cc1ccc[nH]1)N1CCOCC1. The fraction of sp³-hybridized carbons (Fsp3) is 0.500. The summed E-state index contributed by atoms with van der Waals surface area (Å²) in [6, 6.07) is 3.83. The smallest absolute Gasteiger partial charge is 0.228 e. The third-order valence-electron chi connectivity index (χ3n) is 2.37. The summed E-state index contributed by atoms with van der Waals surface area (Å²) >= 11 is 0. The van der Waals surface area contributed by atoms with Crippen molar-refractivity contribution in [3.8, 4) is 0 Å². The van der Waals surface area contributed by atoms with Crippen LogP contribution in [0.3, 0.4) is 0 Å². The number of ether oxygens (including phenoxy) is 1. The van der Waals surface area contributed by atoms with Gasteiger partial charge in [0.2, 0.25) is 5.91 Å². The van der Waals surface area contributed by atoms with Crippen molar-refractivity contribution < 1.29 is 9.53 Å². The van der Waals surface area contributed by atoms with Crippen LogP contribution in [0.5, 0.6) is 0 Å². The Morgan fingerprint density at radius 2 is 2.29 bits per heavy atom. The molecule has 2 rings (SSSR count). The number of amides is 1. The van der Waals surface area contributed by atoms with E-state index in [9.17, 15) is 4.79 Å². The Bertz CT molecular complexity index is 289. The number of H-pyrrole nitrogens is 1. The zero-order valence-electron chi connectivity index (χ0n) is 8.03. The summed E-state index contributed by atoms with van der Waals surface area (Å²) < 4.78 is 5.18. The Balaban J connectivity index is 1.88. The maximum Gasteiger partial charge on any atom is 0.228 e. The van der Waals surface area contributed by atoms with E-state index in [1.54, 1.807) is 0 Å². The molecule has 1 saturated heterocycles. The van der Waals surface area contributed by atoms with Crippen LogP contribution >= 0.6 is 0 Å². The van der Waals surface area contributed by atoms with Gasteiger partial charge in [-0.2, -0.15) is 0 Å². The van der Waals surface area contributed by atoms with Gasteiger partial charge in [-0.25, -0.2) is 0 Å². The summed E-state index contributed by atoms with van der Waals surface area (Å²) in [5, 5.41) is 0. The standard InChI is InChI=1S/C10H14N2O2/c13-10(8-9-2-1-3-11-9)12-4-6-14-7-5-12/h1-3,11H,4-8H2. The van der Waals surface area contributed by atoms with Crippen molar-refractivity contribution in [3.05, 3.63) is 24.0 Å². The highest BCUT2D eigenvalue weighted by Gasteiger charge is 2.16. The van der Waals surface area contributed by atoms with Gasteiger partial charge in [-0.15, -0.1) is 0 Å². The van der Waals surface area contributed by atoms with Crippen LogP contribution in [0.15, 0.2) is 18.3 Å². The number of nitrogens with zero attached hydrogens (tertiary/aromatic N) is 1. The molecule has 4 nitrogen and oxygen atoms in total. The Kier molecular flexibility index (Phi) is 2.84. The number of morpholine rings is 1. The molecule has 0 spiro atoms. The second-order valence-electron chi connectivity index (χ2n) is 3.37. The minimum atomic E-state index is 0.177. The molecule has 1 amide bonds. The van der Waals surface area contributed by atoms with Gasteiger partial charge in [0.15, 0.2) is 0 Å². The third-order valence-corrected chi connectivity index (χ3v) is 2.37. The molecule has 2 heterocycles. The summed E-state index contributed by atoms with van der Waals surface area (Å²) in [6.45, 7) is 2.77. The predicted molar refractivity (Wildman–Crippen MR) is 51.9 cm³/mol. The first kappa shape index (κ1) is 9.27. The summed E-state index contributed by atoms with van der Waals surface area (Å²) in [7, 11) is 0. The third kappa shape index (κ3) is 2.14. The molecule has 0 aliphatic carbocycles. The first-order chi connectivity index (χ1) is 6.86. The molecule has 0 aromatic carbocycles. The van der Waals surface area contributed by atoms with E-state index < -0.39 is 0 Å². The minimum Gasteiger partial charge on any atom is -0.378 e. The highest BCUT2D eigenvalue weighted by Crippen LogP contribution is 2.03. The molecule has 4 heteroatoms. The monoisotopic (exact) mass is 194 g/mol. The van der Waals surface area contributed by atoms with Crippen molar-refractivity contribution in [1.82, 2.24) is 9.88 Å². The Labute approximate surface area is 82.9 Å². The second kappa shape index (κ2) is 4.28. The van der Waals surface area contributed by atoms with Crippen LogP contribution in [0.2, 0.25) is 0 Å². The number of nitrogens with one attached hydrogen (secondary N) is 1. The summed E-state index contributed by atoms with van der Waals surface area (Å²) in [5.74, 6) is 0.177. The number of hydrogen-bond donors (Lipinski definition) is 1. The summed E-state index contributed by atoms with van der Waals surface area (Å²) in [4.78, 5) is 16.6. The van der Waals surface area contributed by atoms with Crippen molar-refractivity contribution in [3.63, 3.8) is 0 Å². The zero-order valence-corrected chi connectivity index (χ0v) is 8.03. The normalized spacial score (nSPS) is 17.0. The Morgan fingerprint density at radius 1 is 1.50 bits per heavy atom. The molecule has 0 saturated carbocycles. The summed E-state index contributed by atoms with van der Waals surface area (Å²) in [6.07, 6.45) is 2.30. The average molecular weight is 194 g/mol. The van der Waals surface area contributed by atoms with Crippen molar-refractivity contribution in [1.29, 1.82) is 0 Å². The highest BCUT2D eigenvalue weighted by molar-refractivity contribution is 5.78. The van der Waals surface area contributed by atoms with Gasteiger partial charge in [-0.3, -0.25) is 4.79 Å². The first-order valence-electron chi connectivity index (χ1n) is 4.84. The van der Waals surface area contributed by atoms with Gasteiger partial charge in [0.1, 0.15) is 0 Å². The largest absolute Gasteiger partial charge is 0.378 e. The fourth-order valence-corrected chi connectivity index (χ4v) is 1.56. The predicted octanol–water partition coefficient (Wildman–Crippen LogP) is 0.416. The van der Waals surface area contributed by atoms with Gasteiger partial charge in [0.25, 0.3) is 0 Å². The van der Waals surface area contributed by atoms with Crippen LogP contribution in [0.25, 0.3) is 0 Å². The van der Waals surface area contributed by atoms with E-state index in [1.165, 1.54) is 0 Å². The van der Waals surface area contributed by atoms with Gasteiger partial charge in [-0.1, -0.05) is 0 Å². The van der Waals surface area contributed by atoms with Crippen LogP contribution in [0.1, 0.15) is 5.69 Å². The number of aromatic amines is 1. The molecular weight excluding hydrogens is 180 g/mol. The lowest BCUT2D eigenvalue weighted by Gasteiger charge is -2.26. The number of hydrogen-bond acceptors (Lipinski definition) is 2. The Hall–Kier alpha value is -1.29.